The second-order valence-electron chi connectivity index (χ2n) is 4.79. The number of hydrogen-bond donors (Lipinski definition) is 2. The molecule has 0 unspecified atom stereocenters. The first kappa shape index (κ1) is 13.5. The first-order chi connectivity index (χ1) is 9.28. The lowest BCUT2D eigenvalue weighted by Gasteiger charge is -2.32. The Hall–Kier alpha value is -1.88. The molecule has 2 N–H and O–H groups in total. The molecule has 19 heavy (non-hydrogen) atoms. The molecule has 1 aromatic rings. The third kappa shape index (κ3) is 4.37. The topological polar surface area (TPSA) is 64.9 Å². The Morgan fingerprint density at radius 2 is 2.05 bits per heavy atom. The minimum Gasteiger partial charge on any atom is -0.411 e. The van der Waals surface area contributed by atoms with Crippen LogP contribution in [0.1, 0.15) is 18.4 Å². The van der Waals surface area contributed by atoms with Crippen LogP contribution in [0.15, 0.2) is 35.5 Å². The average molecular weight is 261 g/mol. The Bertz CT molecular complexity index is 426. The van der Waals surface area contributed by atoms with Crippen molar-refractivity contribution in [2.24, 2.45) is 5.16 Å². The van der Waals surface area contributed by atoms with Crippen molar-refractivity contribution >= 4 is 12.1 Å². The largest absolute Gasteiger partial charge is 0.411 e. The molecule has 1 fully saturated rings. The summed E-state index contributed by atoms with van der Waals surface area (Å²) in [6, 6.07) is 10.6. The van der Waals surface area contributed by atoms with Gasteiger partial charge in [0.2, 0.25) is 0 Å². The summed E-state index contributed by atoms with van der Waals surface area (Å²) in [5.41, 5.74) is 1.32. The Balaban J connectivity index is 1.75. The molecule has 1 amide bonds. The van der Waals surface area contributed by atoms with Gasteiger partial charge in [0.15, 0.2) is 0 Å². The molecule has 0 atom stereocenters. The standard InChI is InChI=1S/C14H19N3O2/c18-14(10-15-19)16-13-6-8-17(9-7-13)11-12-4-2-1-3-5-12/h1-5,10,13,19H,6-9,11H2,(H,16,18)/b15-10+. The Morgan fingerprint density at radius 3 is 2.68 bits per heavy atom. The highest BCUT2D eigenvalue weighted by Crippen LogP contribution is 2.13. The Morgan fingerprint density at radius 1 is 1.37 bits per heavy atom. The van der Waals surface area contributed by atoms with Crippen molar-refractivity contribution in [1.82, 2.24) is 10.2 Å². The van der Waals surface area contributed by atoms with Crippen molar-refractivity contribution in [2.75, 3.05) is 13.1 Å². The van der Waals surface area contributed by atoms with Crippen molar-refractivity contribution in [3.05, 3.63) is 35.9 Å². The van der Waals surface area contributed by atoms with Gasteiger partial charge in [-0.25, -0.2) is 0 Å². The number of carbonyl (C=O) groups excluding carboxylic acids is 1. The highest BCUT2D eigenvalue weighted by Gasteiger charge is 2.20. The zero-order valence-corrected chi connectivity index (χ0v) is 10.8. The summed E-state index contributed by atoms with van der Waals surface area (Å²) in [6.07, 6.45) is 2.76. The summed E-state index contributed by atoms with van der Waals surface area (Å²) in [7, 11) is 0. The molecule has 1 aliphatic rings. The molecule has 1 heterocycles. The van der Waals surface area contributed by atoms with E-state index in [4.69, 9.17) is 5.21 Å². The number of hydrogen-bond acceptors (Lipinski definition) is 4. The fourth-order valence-electron chi connectivity index (χ4n) is 2.37. The van der Waals surface area contributed by atoms with E-state index in [1.54, 1.807) is 0 Å². The molecule has 1 aliphatic heterocycles. The molecule has 5 heteroatoms. The number of nitrogens with one attached hydrogen (secondary N) is 1. The van der Waals surface area contributed by atoms with Crippen LogP contribution in [0.5, 0.6) is 0 Å². The van der Waals surface area contributed by atoms with Gasteiger partial charge in [-0.15, -0.1) is 0 Å². The second-order valence-corrected chi connectivity index (χ2v) is 4.79. The van der Waals surface area contributed by atoms with Gasteiger partial charge in [0, 0.05) is 25.7 Å². The monoisotopic (exact) mass is 261 g/mol. The predicted molar refractivity (Wildman–Crippen MR) is 73.2 cm³/mol. The molecule has 102 valence electrons. The number of carbonyl (C=O) groups is 1. The smallest absolute Gasteiger partial charge is 0.266 e. The van der Waals surface area contributed by atoms with Crippen LogP contribution in [0.4, 0.5) is 0 Å². The first-order valence-electron chi connectivity index (χ1n) is 6.52. The third-order valence-electron chi connectivity index (χ3n) is 3.36. The van der Waals surface area contributed by atoms with Gasteiger partial charge in [-0.3, -0.25) is 9.69 Å². The summed E-state index contributed by atoms with van der Waals surface area (Å²) < 4.78 is 0. The average Bonchev–Trinajstić information content (AvgIpc) is 2.42. The van der Waals surface area contributed by atoms with Crippen LogP contribution in [-0.4, -0.2) is 41.4 Å². The van der Waals surface area contributed by atoms with Crippen LogP contribution in [-0.2, 0) is 11.3 Å². The molecule has 2 rings (SSSR count). The van der Waals surface area contributed by atoms with Crippen LogP contribution < -0.4 is 5.32 Å². The van der Waals surface area contributed by atoms with Gasteiger partial charge in [0.1, 0.15) is 6.21 Å². The maximum Gasteiger partial charge on any atom is 0.266 e. The zero-order valence-electron chi connectivity index (χ0n) is 10.8. The number of likely N-dealkylation sites (tertiary alicyclic amines) is 1. The first-order valence-corrected chi connectivity index (χ1v) is 6.52. The van der Waals surface area contributed by atoms with Crippen LogP contribution in [0.2, 0.25) is 0 Å². The third-order valence-corrected chi connectivity index (χ3v) is 3.36. The van der Waals surface area contributed by atoms with Crippen molar-refractivity contribution in [2.45, 2.75) is 25.4 Å². The molecule has 0 aliphatic carbocycles. The van der Waals surface area contributed by atoms with E-state index in [1.165, 1.54) is 5.56 Å². The van der Waals surface area contributed by atoms with Crippen LogP contribution >= 0.6 is 0 Å². The van der Waals surface area contributed by atoms with E-state index in [-0.39, 0.29) is 11.9 Å². The fourth-order valence-corrected chi connectivity index (χ4v) is 2.37. The summed E-state index contributed by atoms with van der Waals surface area (Å²) in [5.74, 6) is -0.330. The Labute approximate surface area is 112 Å². The van der Waals surface area contributed by atoms with E-state index >= 15 is 0 Å². The van der Waals surface area contributed by atoms with E-state index < -0.39 is 0 Å². The van der Waals surface area contributed by atoms with Gasteiger partial charge in [-0.1, -0.05) is 35.5 Å². The predicted octanol–water partition coefficient (Wildman–Crippen LogP) is 1.23. The highest BCUT2D eigenvalue weighted by molar-refractivity contribution is 6.26. The lowest BCUT2D eigenvalue weighted by molar-refractivity contribution is -0.115. The van der Waals surface area contributed by atoms with Crippen molar-refractivity contribution in [3.8, 4) is 0 Å². The number of amides is 1. The maximum atomic E-state index is 11.2. The Kier molecular flexibility index (Phi) is 4.92. The van der Waals surface area contributed by atoms with Crippen LogP contribution in [0.3, 0.4) is 0 Å². The molecule has 1 aromatic carbocycles. The van der Waals surface area contributed by atoms with Crippen molar-refractivity contribution in [3.63, 3.8) is 0 Å². The summed E-state index contributed by atoms with van der Waals surface area (Å²) in [5, 5.41) is 13.8. The van der Waals surface area contributed by atoms with Crippen molar-refractivity contribution in [1.29, 1.82) is 0 Å². The van der Waals surface area contributed by atoms with E-state index in [1.807, 2.05) is 6.07 Å². The molecule has 0 saturated carbocycles. The van der Waals surface area contributed by atoms with Crippen LogP contribution in [0.25, 0.3) is 0 Å². The lowest BCUT2D eigenvalue weighted by Crippen LogP contribution is -2.44. The number of oxime groups is 1. The number of piperidine rings is 1. The minimum absolute atomic E-state index is 0.178. The van der Waals surface area contributed by atoms with Crippen molar-refractivity contribution < 1.29 is 10.0 Å². The normalized spacial score (nSPS) is 17.7. The van der Waals surface area contributed by atoms with Gasteiger partial charge in [-0.2, -0.15) is 0 Å². The quantitative estimate of drug-likeness (QED) is 0.487. The lowest BCUT2D eigenvalue weighted by atomic mass is 10.0. The zero-order chi connectivity index (χ0) is 13.5. The molecule has 0 radical (unpaired) electrons. The molecule has 0 spiro atoms. The summed E-state index contributed by atoms with van der Waals surface area (Å²) in [4.78, 5) is 13.6. The van der Waals surface area contributed by atoms with Gasteiger partial charge in [0.05, 0.1) is 0 Å². The van der Waals surface area contributed by atoms with E-state index in [9.17, 15) is 4.79 Å². The number of nitrogens with zero attached hydrogens (tertiary/aromatic N) is 2. The highest BCUT2D eigenvalue weighted by atomic mass is 16.4. The molecule has 0 aromatic heterocycles. The number of rotatable bonds is 4. The second kappa shape index (κ2) is 6.89. The van der Waals surface area contributed by atoms with Gasteiger partial charge >= 0.3 is 0 Å². The van der Waals surface area contributed by atoms with E-state index in [0.717, 1.165) is 38.7 Å². The molecule has 5 nitrogen and oxygen atoms in total. The summed E-state index contributed by atoms with van der Waals surface area (Å²) in [6.45, 7) is 2.89. The van der Waals surface area contributed by atoms with Gasteiger partial charge < -0.3 is 10.5 Å². The molecular weight excluding hydrogens is 242 g/mol. The van der Waals surface area contributed by atoms with Crippen LogP contribution in [0, 0.1) is 0 Å². The molecular formula is C14H19N3O2. The van der Waals surface area contributed by atoms with E-state index in [2.05, 4.69) is 39.6 Å². The van der Waals surface area contributed by atoms with Gasteiger partial charge in [0.25, 0.3) is 5.91 Å². The minimum atomic E-state index is -0.330. The fraction of sp³-hybridized carbons (Fsp3) is 0.429. The van der Waals surface area contributed by atoms with Gasteiger partial charge in [-0.05, 0) is 18.4 Å². The molecule has 1 saturated heterocycles. The maximum absolute atomic E-state index is 11.2. The molecule has 0 bridgehead atoms. The van der Waals surface area contributed by atoms with E-state index in [0.29, 0.717) is 0 Å². The SMILES string of the molecule is O=C(/C=N/O)NC1CCN(Cc2ccccc2)CC1. The number of benzene rings is 1. The summed E-state index contributed by atoms with van der Waals surface area (Å²) >= 11 is 0.